The van der Waals surface area contributed by atoms with Gasteiger partial charge in [0.2, 0.25) is 15.9 Å². The highest BCUT2D eigenvalue weighted by Crippen LogP contribution is 2.22. The lowest BCUT2D eigenvalue weighted by atomic mass is 10.2. The predicted octanol–water partition coefficient (Wildman–Crippen LogP) is 0.162. The van der Waals surface area contributed by atoms with Crippen molar-refractivity contribution in [3.63, 3.8) is 0 Å². The molecule has 1 aromatic carbocycles. The lowest BCUT2D eigenvalue weighted by Gasteiger charge is -2.34. The zero-order valence-corrected chi connectivity index (χ0v) is 15.9. The molecule has 0 radical (unpaired) electrons. The summed E-state index contributed by atoms with van der Waals surface area (Å²) in [4.78, 5) is 27.2. The van der Waals surface area contributed by atoms with E-state index in [1.165, 1.54) is 9.21 Å². The van der Waals surface area contributed by atoms with Gasteiger partial charge in [-0.2, -0.15) is 4.31 Å². The third kappa shape index (κ3) is 3.74. The highest BCUT2D eigenvalue weighted by Gasteiger charge is 2.32. The van der Waals surface area contributed by atoms with Gasteiger partial charge in [-0.25, -0.2) is 13.2 Å². The number of hydrogen-bond donors (Lipinski definition) is 1. The second-order valence-corrected chi connectivity index (χ2v) is 8.63. The van der Waals surface area contributed by atoms with E-state index in [1.807, 2.05) is 17.9 Å². The molecule has 0 atom stereocenters. The predicted molar refractivity (Wildman–Crippen MR) is 96.2 cm³/mol. The average molecular weight is 380 g/mol. The van der Waals surface area contributed by atoms with E-state index in [0.717, 1.165) is 11.1 Å². The van der Waals surface area contributed by atoms with E-state index in [0.29, 0.717) is 44.2 Å². The third-order valence-corrected chi connectivity index (χ3v) is 6.86. The number of hydrogen-bond acceptors (Lipinski definition) is 5. The van der Waals surface area contributed by atoms with Crippen molar-refractivity contribution in [1.82, 2.24) is 19.4 Å². The number of nitrogens with zero attached hydrogens (tertiary/aromatic N) is 3. The number of carbonyl (C=O) groups is 2. The highest BCUT2D eigenvalue weighted by molar-refractivity contribution is 7.89. The first-order chi connectivity index (χ1) is 12.3. The van der Waals surface area contributed by atoms with Gasteiger partial charge in [-0.05, 0) is 25.5 Å². The summed E-state index contributed by atoms with van der Waals surface area (Å²) >= 11 is 0. The Morgan fingerprint density at radius 3 is 2.38 bits per heavy atom. The van der Waals surface area contributed by atoms with Crippen molar-refractivity contribution >= 4 is 22.0 Å². The Morgan fingerprint density at radius 1 is 1.12 bits per heavy atom. The Labute approximate surface area is 153 Å². The van der Waals surface area contributed by atoms with Crippen LogP contribution in [0.5, 0.6) is 0 Å². The fourth-order valence-electron chi connectivity index (χ4n) is 3.34. The van der Waals surface area contributed by atoms with Gasteiger partial charge in [-0.15, -0.1) is 0 Å². The van der Waals surface area contributed by atoms with Crippen LogP contribution in [0.15, 0.2) is 23.1 Å². The van der Waals surface area contributed by atoms with E-state index >= 15 is 0 Å². The molecule has 0 aliphatic carbocycles. The molecule has 1 N–H and O–H groups in total. The molecule has 2 saturated heterocycles. The molecule has 26 heavy (non-hydrogen) atoms. The second-order valence-electron chi connectivity index (χ2n) is 6.73. The summed E-state index contributed by atoms with van der Waals surface area (Å²) < 4.78 is 27.2. The first-order valence-corrected chi connectivity index (χ1v) is 10.1. The number of piperazine rings is 1. The van der Waals surface area contributed by atoms with Crippen LogP contribution in [0.25, 0.3) is 0 Å². The lowest BCUT2D eigenvalue weighted by molar-refractivity contribution is -0.129. The Bertz CT molecular complexity index is 816. The molecular formula is C17H24N4O4S. The molecule has 0 saturated carbocycles. The van der Waals surface area contributed by atoms with Crippen molar-refractivity contribution < 1.29 is 18.0 Å². The maximum absolute atomic E-state index is 12.9. The highest BCUT2D eigenvalue weighted by atomic mass is 32.2. The number of amides is 3. The minimum Gasteiger partial charge on any atom is -0.336 e. The first kappa shape index (κ1) is 18.8. The van der Waals surface area contributed by atoms with Crippen LogP contribution in [0.1, 0.15) is 11.1 Å². The zero-order chi connectivity index (χ0) is 18.9. The minimum atomic E-state index is -3.54. The molecule has 2 heterocycles. The summed E-state index contributed by atoms with van der Waals surface area (Å²) in [6.45, 7) is 6.31. The molecular weight excluding hydrogens is 356 g/mol. The van der Waals surface area contributed by atoms with Crippen molar-refractivity contribution in [1.29, 1.82) is 0 Å². The van der Waals surface area contributed by atoms with Gasteiger partial charge >= 0.3 is 6.03 Å². The summed E-state index contributed by atoms with van der Waals surface area (Å²) in [7, 11) is -3.54. The van der Waals surface area contributed by atoms with E-state index < -0.39 is 10.0 Å². The van der Waals surface area contributed by atoms with Crippen LogP contribution in [0.4, 0.5) is 4.79 Å². The van der Waals surface area contributed by atoms with E-state index in [4.69, 9.17) is 0 Å². The van der Waals surface area contributed by atoms with Gasteiger partial charge < -0.3 is 5.32 Å². The van der Waals surface area contributed by atoms with E-state index in [2.05, 4.69) is 5.32 Å². The second kappa shape index (κ2) is 7.34. The van der Waals surface area contributed by atoms with Gasteiger partial charge in [-0.1, -0.05) is 17.7 Å². The first-order valence-electron chi connectivity index (χ1n) is 8.67. The maximum atomic E-state index is 12.9. The topological polar surface area (TPSA) is 90.0 Å². The van der Waals surface area contributed by atoms with Gasteiger partial charge in [0.25, 0.3) is 0 Å². The van der Waals surface area contributed by atoms with E-state index in [9.17, 15) is 18.0 Å². The van der Waals surface area contributed by atoms with Crippen LogP contribution in [0.2, 0.25) is 0 Å². The Morgan fingerprint density at radius 2 is 1.81 bits per heavy atom. The largest absolute Gasteiger partial charge is 0.336 e. The molecule has 8 nitrogen and oxygen atoms in total. The van der Waals surface area contributed by atoms with Crippen LogP contribution < -0.4 is 5.32 Å². The average Bonchev–Trinajstić information content (AvgIpc) is 3.01. The van der Waals surface area contributed by atoms with Crippen LogP contribution in [-0.2, 0) is 14.8 Å². The van der Waals surface area contributed by atoms with Gasteiger partial charge in [0, 0.05) is 39.3 Å². The molecule has 0 unspecified atom stereocenters. The smallest absolute Gasteiger partial charge is 0.324 e. The van der Waals surface area contributed by atoms with Crippen molar-refractivity contribution in [2.75, 3.05) is 45.8 Å². The molecule has 1 aromatic rings. The van der Waals surface area contributed by atoms with Crippen LogP contribution in [0, 0.1) is 13.8 Å². The maximum Gasteiger partial charge on any atom is 0.324 e. The quantitative estimate of drug-likeness (QED) is 0.804. The number of benzene rings is 1. The lowest BCUT2D eigenvalue weighted by Crippen LogP contribution is -2.51. The molecule has 0 bridgehead atoms. The van der Waals surface area contributed by atoms with Gasteiger partial charge in [-0.3, -0.25) is 14.6 Å². The Balaban J connectivity index is 1.61. The van der Waals surface area contributed by atoms with Gasteiger partial charge in [0.1, 0.15) is 0 Å². The molecule has 3 rings (SSSR count). The van der Waals surface area contributed by atoms with Gasteiger partial charge in [0.15, 0.2) is 0 Å². The Hall–Kier alpha value is -1.97. The number of carbonyl (C=O) groups excluding carboxylic acids is 2. The molecule has 2 aliphatic rings. The number of sulfonamides is 1. The van der Waals surface area contributed by atoms with E-state index in [1.54, 1.807) is 19.1 Å². The number of aryl methyl sites for hydroxylation is 2. The fraction of sp³-hybridized carbons (Fsp3) is 0.529. The molecule has 2 aliphatic heterocycles. The van der Waals surface area contributed by atoms with Crippen molar-refractivity contribution in [3.8, 4) is 0 Å². The Kier molecular flexibility index (Phi) is 5.31. The van der Waals surface area contributed by atoms with E-state index in [-0.39, 0.29) is 18.5 Å². The standard InChI is InChI=1S/C17H24N4O4S/c1-13-3-4-15(14(2)11-13)26(24,25)20-9-7-19(8-10-20)12-16(22)21-6-5-18-17(21)23/h3-4,11H,5-10,12H2,1-2H3,(H,18,23). The molecule has 0 aromatic heterocycles. The monoisotopic (exact) mass is 380 g/mol. The van der Waals surface area contributed by atoms with Gasteiger partial charge in [0.05, 0.1) is 11.4 Å². The normalized spacial score (nSPS) is 19.6. The number of rotatable bonds is 4. The summed E-state index contributed by atoms with van der Waals surface area (Å²) in [6, 6.07) is 4.96. The molecule has 3 amide bonds. The van der Waals surface area contributed by atoms with Crippen molar-refractivity contribution in [2.45, 2.75) is 18.7 Å². The summed E-state index contributed by atoms with van der Waals surface area (Å²) in [5.74, 6) is -0.245. The van der Waals surface area contributed by atoms with Crippen LogP contribution >= 0.6 is 0 Å². The SMILES string of the molecule is Cc1ccc(S(=O)(=O)N2CCN(CC(=O)N3CCNC3=O)CC2)c(C)c1. The van der Waals surface area contributed by atoms with Crippen LogP contribution in [0.3, 0.4) is 0 Å². The number of urea groups is 1. The minimum absolute atomic E-state index is 0.130. The fourth-order valence-corrected chi connectivity index (χ4v) is 4.97. The molecule has 142 valence electrons. The molecule has 0 spiro atoms. The number of nitrogens with one attached hydrogen (secondary N) is 1. The summed E-state index contributed by atoms with van der Waals surface area (Å²) in [6.07, 6.45) is 0. The summed E-state index contributed by atoms with van der Waals surface area (Å²) in [5.41, 5.74) is 1.76. The molecule has 2 fully saturated rings. The third-order valence-electron chi connectivity index (χ3n) is 4.80. The van der Waals surface area contributed by atoms with Crippen molar-refractivity contribution in [3.05, 3.63) is 29.3 Å². The summed E-state index contributed by atoms with van der Waals surface area (Å²) in [5, 5.41) is 2.60. The van der Waals surface area contributed by atoms with Crippen molar-refractivity contribution in [2.24, 2.45) is 0 Å². The number of imide groups is 1. The van der Waals surface area contributed by atoms with Crippen LogP contribution in [-0.4, -0.2) is 80.3 Å². The molecule has 9 heteroatoms. The zero-order valence-electron chi connectivity index (χ0n) is 15.1.